The van der Waals surface area contributed by atoms with E-state index in [9.17, 15) is 8.42 Å². The highest BCUT2D eigenvalue weighted by atomic mass is 32.2. The predicted molar refractivity (Wildman–Crippen MR) is 78.7 cm³/mol. The molecule has 0 bridgehead atoms. The lowest BCUT2D eigenvalue weighted by atomic mass is 10.2. The van der Waals surface area contributed by atoms with E-state index in [1.54, 1.807) is 0 Å². The van der Waals surface area contributed by atoms with E-state index >= 15 is 0 Å². The van der Waals surface area contributed by atoms with Crippen LogP contribution in [0.25, 0.3) is 0 Å². The number of likely N-dealkylation sites (tertiary alicyclic amines) is 1. The number of para-hydroxylation sites is 1. The molecule has 0 aromatic heterocycles. The summed E-state index contributed by atoms with van der Waals surface area (Å²) in [5, 5.41) is 0. The number of nitrogens with zero attached hydrogens (tertiary/aromatic N) is 1. The molecular formula is C14H22N2O2S. The highest BCUT2D eigenvalue weighted by Gasteiger charge is 2.16. The van der Waals surface area contributed by atoms with Crippen LogP contribution >= 0.6 is 0 Å². The van der Waals surface area contributed by atoms with E-state index in [-0.39, 0.29) is 5.75 Å². The van der Waals surface area contributed by atoms with Crippen molar-refractivity contribution >= 4 is 15.7 Å². The van der Waals surface area contributed by atoms with Gasteiger partial charge in [-0.15, -0.1) is 0 Å². The third kappa shape index (κ3) is 4.21. The number of anilines is 1. The Hall–Kier alpha value is -1.07. The second-order valence-electron chi connectivity index (χ2n) is 5.06. The first kappa shape index (κ1) is 14.3. The Balaban J connectivity index is 2.11. The van der Waals surface area contributed by atoms with E-state index in [0.29, 0.717) is 6.42 Å². The van der Waals surface area contributed by atoms with Crippen LogP contribution in [0, 0.1) is 0 Å². The number of sulfonamides is 1. The number of rotatable bonds is 6. The van der Waals surface area contributed by atoms with E-state index in [1.807, 2.05) is 31.2 Å². The van der Waals surface area contributed by atoms with Gasteiger partial charge in [0, 0.05) is 6.54 Å². The van der Waals surface area contributed by atoms with Gasteiger partial charge in [-0.1, -0.05) is 25.1 Å². The minimum Gasteiger partial charge on any atom is -0.299 e. The van der Waals surface area contributed by atoms with Crippen molar-refractivity contribution < 1.29 is 8.42 Å². The third-order valence-electron chi connectivity index (χ3n) is 3.35. The monoisotopic (exact) mass is 282 g/mol. The Morgan fingerprint density at radius 1 is 1.21 bits per heavy atom. The van der Waals surface area contributed by atoms with Crippen molar-refractivity contribution in [2.24, 2.45) is 0 Å². The molecule has 1 aliphatic heterocycles. The summed E-state index contributed by atoms with van der Waals surface area (Å²) >= 11 is 0. The van der Waals surface area contributed by atoms with Crippen LogP contribution in [0.1, 0.15) is 31.7 Å². The zero-order valence-electron chi connectivity index (χ0n) is 11.4. The van der Waals surface area contributed by atoms with Crippen molar-refractivity contribution in [3.8, 4) is 0 Å². The lowest BCUT2D eigenvalue weighted by Crippen LogP contribution is -2.21. The van der Waals surface area contributed by atoms with E-state index in [0.717, 1.165) is 30.9 Å². The van der Waals surface area contributed by atoms with Crippen LogP contribution in [-0.2, 0) is 16.6 Å². The van der Waals surface area contributed by atoms with Gasteiger partial charge < -0.3 is 0 Å². The second-order valence-corrected chi connectivity index (χ2v) is 6.90. The van der Waals surface area contributed by atoms with E-state index in [4.69, 9.17) is 0 Å². The van der Waals surface area contributed by atoms with E-state index < -0.39 is 10.0 Å². The Morgan fingerprint density at radius 2 is 1.89 bits per heavy atom. The van der Waals surface area contributed by atoms with Crippen LogP contribution in [0.3, 0.4) is 0 Å². The van der Waals surface area contributed by atoms with Crippen molar-refractivity contribution in [3.05, 3.63) is 29.8 Å². The topological polar surface area (TPSA) is 49.4 Å². The SMILES string of the molecule is CCCS(=O)(=O)Nc1ccccc1CN1CCCC1. The first-order chi connectivity index (χ1) is 9.11. The lowest BCUT2D eigenvalue weighted by Gasteiger charge is -2.18. The summed E-state index contributed by atoms with van der Waals surface area (Å²) in [6.45, 7) is 4.91. The molecule has 0 aliphatic carbocycles. The molecule has 0 amide bonds. The maximum absolute atomic E-state index is 11.9. The number of hydrogen-bond donors (Lipinski definition) is 1. The Bertz CT molecular complexity index is 508. The fourth-order valence-electron chi connectivity index (χ4n) is 2.43. The quantitative estimate of drug-likeness (QED) is 0.872. The summed E-state index contributed by atoms with van der Waals surface area (Å²) < 4.78 is 26.4. The number of nitrogens with one attached hydrogen (secondary N) is 1. The van der Waals surface area contributed by atoms with Gasteiger partial charge in [0.1, 0.15) is 0 Å². The summed E-state index contributed by atoms with van der Waals surface area (Å²) in [4.78, 5) is 2.37. The van der Waals surface area contributed by atoms with Crippen molar-refractivity contribution in [1.29, 1.82) is 0 Å². The summed E-state index contributed by atoms with van der Waals surface area (Å²) in [5.41, 5.74) is 1.78. The van der Waals surface area contributed by atoms with Gasteiger partial charge in [0.15, 0.2) is 0 Å². The molecule has 1 fully saturated rings. The molecule has 1 aromatic rings. The van der Waals surface area contributed by atoms with Crippen LogP contribution in [0.4, 0.5) is 5.69 Å². The number of hydrogen-bond acceptors (Lipinski definition) is 3. The van der Waals surface area contributed by atoms with E-state index in [2.05, 4.69) is 9.62 Å². The largest absolute Gasteiger partial charge is 0.299 e. The molecule has 106 valence electrons. The van der Waals surface area contributed by atoms with Gasteiger partial charge >= 0.3 is 0 Å². The number of benzene rings is 1. The molecule has 5 heteroatoms. The highest BCUT2D eigenvalue weighted by molar-refractivity contribution is 7.92. The first-order valence-corrected chi connectivity index (χ1v) is 8.57. The standard InChI is InChI=1S/C14H22N2O2S/c1-2-11-19(17,18)15-14-8-4-3-7-13(14)12-16-9-5-6-10-16/h3-4,7-8,15H,2,5-6,9-12H2,1H3. The molecule has 0 unspecified atom stereocenters. The fraction of sp³-hybridized carbons (Fsp3) is 0.571. The Labute approximate surface area is 115 Å². The van der Waals surface area contributed by atoms with Gasteiger partial charge in [-0.2, -0.15) is 0 Å². The maximum Gasteiger partial charge on any atom is 0.232 e. The predicted octanol–water partition coefficient (Wildman–Crippen LogP) is 2.43. The van der Waals surface area contributed by atoms with Crippen molar-refractivity contribution in [3.63, 3.8) is 0 Å². The van der Waals surface area contributed by atoms with Crippen molar-refractivity contribution in [1.82, 2.24) is 4.90 Å². The lowest BCUT2D eigenvalue weighted by molar-refractivity contribution is 0.332. The molecule has 0 atom stereocenters. The zero-order chi connectivity index (χ0) is 13.7. The van der Waals surface area contributed by atoms with Gasteiger partial charge in [0.2, 0.25) is 10.0 Å². The van der Waals surface area contributed by atoms with Gasteiger partial charge in [-0.05, 0) is 44.0 Å². The summed E-state index contributed by atoms with van der Waals surface area (Å²) in [7, 11) is -3.21. The molecule has 0 saturated carbocycles. The minimum absolute atomic E-state index is 0.172. The van der Waals surface area contributed by atoms with Crippen LogP contribution in [0.2, 0.25) is 0 Å². The van der Waals surface area contributed by atoms with Crippen LogP contribution in [0.15, 0.2) is 24.3 Å². The molecule has 1 saturated heterocycles. The Kier molecular flexibility index (Phi) is 4.82. The zero-order valence-corrected chi connectivity index (χ0v) is 12.2. The first-order valence-electron chi connectivity index (χ1n) is 6.91. The van der Waals surface area contributed by atoms with Gasteiger partial charge in [0.25, 0.3) is 0 Å². The van der Waals surface area contributed by atoms with Crippen molar-refractivity contribution in [2.75, 3.05) is 23.6 Å². The molecule has 1 aliphatic rings. The highest BCUT2D eigenvalue weighted by Crippen LogP contribution is 2.21. The van der Waals surface area contributed by atoms with Crippen LogP contribution < -0.4 is 4.72 Å². The molecule has 4 nitrogen and oxygen atoms in total. The van der Waals surface area contributed by atoms with E-state index in [1.165, 1.54) is 12.8 Å². The molecule has 2 rings (SSSR count). The smallest absolute Gasteiger partial charge is 0.232 e. The maximum atomic E-state index is 11.9. The molecule has 1 N–H and O–H groups in total. The summed E-state index contributed by atoms with van der Waals surface area (Å²) in [5.74, 6) is 0.172. The second kappa shape index (κ2) is 6.39. The molecule has 0 spiro atoms. The van der Waals surface area contributed by atoms with Gasteiger partial charge in [-0.3, -0.25) is 9.62 Å². The third-order valence-corrected chi connectivity index (χ3v) is 4.82. The van der Waals surface area contributed by atoms with Gasteiger partial charge in [-0.25, -0.2) is 8.42 Å². The van der Waals surface area contributed by atoms with Gasteiger partial charge in [0.05, 0.1) is 11.4 Å². The van der Waals surface area contributed by atoms with Crippen molar-refractivity contribution in [2.45, 2.75) is 32.7 Å². The Morgan fingerprint density at radius 3 is 2.58 bits per heavy atom. The van der Waals surface area contributed by atoms with Crippen LogP contribution in [0.5, 0.6) is 0 Å². The molecular weight excluding hydrogens is 260 g/mol. The molecule has 0 radical (unpaired) electrons. The summed E-state index contributed by atoms with van der Waals surface area (Å²) in [6.07, 6.45) is 3.11. The molecule has 1 aromatic carbocycles. The average molecular weight is 282 g/mol. The average Bonchev–Trinajstić information content (AvgIpc) is 2.84. The molecule has 1 heterocycles. The molecule has 19 heavy (non-hydrogen) atoms. The minimum atomic E-state index is -3.21. The van der Waals surface area contributed by atoms with Crippen LogP contribution in [-0.4, -0.2) is 32.2 Å². The fourth-order valence-corrected chi connectivity index (χ4v) is 3.60. The normalized spacial score (nSPS) is 16.7. The summed E-state index contributed by atoms with van der Waals surface area (Å²) in [6, 6.07) is 7.68.